The highest BCUT2D eigenvalue weighted by Gasteiger charge is 2.10. The van der Waals surface area contributed by atoms with E-state index in [0.717, 1.165) is 0 Å². The number of nitrogens with one attached hydrogen (secondary N) is 1. The third-order valence-electron chi connectivity index (χ3n) is 1.74. The lowest BCUT2D eigenvalue weighted by Crippen LogP contribution is -2.36. The molecule has 6 heteroatoms. The number of aliphatic carboxylic acids is 1. The molecule has 0 fully saturated rings. The van der Waals surface area contributed by atoms with Crippen molar-refractivity contribution in [2.45, 2.75) is 20.0 Å². The van der Waals surface area contributed by atoms with Crippen LogP contribution in [0.1, 0.15) is 13.8 Å². The molecular formula is C9H17NO5. The molecule has 0 radical (unpaired) electrons. The largest absolute Gasteiger partial charge is 0.480 e. The fraction of sp³-hybridized carbons (Fsp3) is 0.778. The Balaban J connectivity index is 3.53. The number of carboxylic acid groups (broad SMARTS) is 1. The first-order chi connectivity index (χ1) is 6.93. The van der Waals surface area contributed by atoms with E-state index < -0.39 is 24.6 Å². The Bertz CT molecular complexity index is 217. The van der Waals surface area contributed by atoms with Crippen molar-refractivity contribution in [3.8, 4) is 0 Å². The Kier molecular flexibility index (Phi) is 6.64. The van der Waals surface area contributed by atoms with Gasteiger partial charge in [0.1, 0.15) is 13.2 Å². The summed E-state index contributed by atoms with van der Waals surface area (Å²) in [5, 5.41) is 20.0. The quantitative estimate of drug-likeness (QED) is 0.522. The molecule has 0 rings (SSSR count). The number of hydrogen-bond donors (Lipinski definition) is 3. The average molecular weight is 219 g/mol. The van der Waals surface area contributed by atoms with Gasteiger partial charge in [-0.3, -0.25) is 4.79 Å². The predicted molar refractivity (Wildman–Crippen MR) is 52.3 cm³/mol. The van der Waals surface area contributed by atoms with Gasteiger partial charge in [0.15, 0.2) is 0 Å². The van der Waals surface area contributed by atoms with Crippen LogP contribution in [0.15, 0.2) is 0 Å². The maximum absolute atomic E-state index is 11.0. The molecule has 1 unspecified atom stereocenters. The molecule has 0 aromatic heterocycles. The standard InChI is InChI=1S/C9H17NO5/c1-6(2)7(11)3-10-8(12)4-15-5-9(13)14/h6-7,11H,3-5H2,1-2H3,(H,10,12)(H,13,14). The summed E-state index contributed by atoms with van der Waals surface area (Å²) in [5.41, 5.74) is 0. The summed E-state index contributed by atoms with van der Waals surface area (Å²) in [4.78, 5) is 21.1. The molecule has 15 heavy (non-hydrogen) atoms. The zero-order valence-electron chi connectivity index (χ0n) is 8.90. The number of carbonyl (C=O) groups is 2. The molecule has 0 aliphatic heterocycles. The van der Waals surface area contributed by atoms with Crippen LogP contribution in [0.2, 0.25) is 0 Å². The summed E-state index contributed by atoms with van der Waals surface area (Å²) in [6, 6.07) is 0. The van der Waals surface area contributed by atoms with Crippen molar-refractivity contribution in [1.82, 2.24) is 5.32 Å². The van der Waals surface area contributed by atoms with Gasteiger partial charge in [-0.25, -0.2) is 4.79 Å². The van der Waals surface area contributed by atoms with Crippen molar-refractivity contribution in [3.05, 3.63) is 0 Å². The number of hydrogen-bond acceptors (Lipinski definition) is 4. The number of aliphatic hydroxyl groups excluding tert-OH is 1. The van der Waals surface area contributed by atoms with E-state index in [2.05, 4.69) is 10.1 Å². The highest BCUT2D eigenvalue weighted by Crippen LogP contribution is 1.98. The number of aliphatic hydroxyl groups is 1. The fourth-order valence-corrected chi connectivity index (χ4v) is 0.736. The zero-order chi connectivity index (χ0) is 11.8. The maximum Gasteiger partial charge on any atom is 0.329 e. The van der Waals surface area contributed by atoms with E-state index in [1.807, 2.05) is 13.8 Å². The van der Waals surface area contributed by atoms with Crippen molar-refractivity contribution >= 4 is 11.9 Å². The highest BCUT2D eigenvalue weighted by atomic mass is 16.5. The van der Waals surface area contributed by atoms with Crippen LogP contribution in [0.4, 0.5) is 0 Å². The minimum Gasteiger partial charge on any atom is -0.480 e. The van der Waals surface area contributed by atoms with Crippen LogP contribution in [0.3, 0.4) is 0 Å². The third-order valence-corrected chi connectivity index (χ3v) is 1.74. The van der Waals surface area contributed by atoms with Crippen LogP contribution in [0.5, 0.6) is 0 Å². The monoisotopic (exact) mass is 219 g/mol. The molecule has 0 bridgehead atoms. The first-order valence-corrected chi connectivity index (χ1v) is 4.67. The molecule has 1 amide bonds. The minimum atomic E-state index is -1.12. The maximum atomic E-state index is 11.0. The van der Waals surface area contributed by atoms with Crippen molar-refractivity contribution in [2.75, 3.05) is 19.8 Å². The number of carbonyl (C=O) groups excluding carboxylic acids is 1. The smallest absolute Gasteiger partial charge is 0.329 e. The van der Waals surface area contributed by atoms with Crippen LogP contribution in [0.25, 0.3) is 0 Å². The number of ether oxygens (including phenoxy) is 1. The first-order valence-electron chi connectivity index (χ1n) is 4.67. The van der Waals surface area contributed by atoms with Gasteiger partial charge in [0.2, 0.25) is 5.91 Å². The van der Waals surface area contributed by atoms with E-state index in [9.17, 15) is 14.7 Å². The lowest BCUT2D eigenvalue weighted by molar-refractivity contribution is -0.143. The molecule has 88 valence electrons. The molecule has 0 saturated heterocycles. The topological polar surface area (TPSA) is 95.9 Å². The van der Waals surface area contributed by atoms with Gasteiger partial charge in [0, 0.05) is 6.54 Å². The second-order valence-corrected chi connectivity index (χ2v) is 3.50. The molecule has 0 aromatic rings. The van der Waals surface area contributed by atoms with Crippen molar-refractivity contribution in [2.24, 2.45) is 5.92 Å². The lowest BCUT2D eigenvalue weighted by Gasteiger charge is -2.14. The van der Waals surface area contributed by atoms with E-state index >= 15 is 0 Å². The van der Waals surface area contributed by atoms with Crippen LogP contribution in [-0.4, -0.2) is 48.0 Å². The molecule has 3 N–H and O–H groups in total. The van der Waals surface area contributed by atoms with Gasteiger partial charge in [-0.1, -0.05) is 13.8 Å². The first kappa shape index (κ1) is 13.9. The van der Waals surface area contributed by atoms with E-state index in [4.69, 9.17) is 5.11 Å². The summed E-state index contributed by atoms with van der Waals surface area (Å²) < 4.78 is 4.56. The van der Waals surface area contributed by atoms with Crippen LogP contribution in [-0.2, 0) is 14.3 Å². The van der Waals surface area contributed by atoms with Gasteiger partial charge in [0.25, 0.3) is 0 Å². The molecule has 0 spiro atoms. The zero-order valence-corrected chi connectivity index (χ0v) is 8.90. The van der Waals surface area contributed by atoms with Crippen molar-refractivity contribution in [3.63, 3.8) is 0 Å². The van der Waals surface area contributed by atoms with Crippen LogP contribution in [0, 0.1) is 5.92 Å². The van der Waals surface area contributed by atoms with E-state index in [1.54, 1.807) is 0 Å². The molecule has 0 heterocycles. The Morgan fingerprint density at radius 2 is 1.93 bits per heavy atom. The summed E-state index contributed by atoms with van der Waals surface area (Å²) in [5.74, 6) is -1.49. The molecule has 0 saturated carbocycles. The van der Waals surface area contributed by atoms with Crippen LogP contribution >= 0.6 is 0 Å². The number of rotatable bonds is 7. The SMILES string of the molecule is CC(C)C(O)CNC(=O)COCC(=O)O. The molecule has 0 aliphatic rings. The third kappa shape index (κ3) is 7.90. The molecule has 1 atom stereocenters. The summed E-state index contributed by atoms with van der Waals surface area (Å²) in [6.45, 7) is 3.00. The molecule has 6 nitrogen and oxygen atoms in total. The van der Waals surface area contributed by atoms with Gasteiger partial charge in [-0.2, -0.15) is 0 Å². The number of carboxylic acids is 1. The van der Waals surface area contributed by atoms with Gasteiger partial charge in [-0.15, -0.1) is 0 Å². The van der Waals surface area contributed by atoms with Gasteiger partial charge in [-0.05, 0) is 5.92 Å². The van der Waals surface area contributed by atoms with Gasteiger partial charge in [0.05, 0.1) is 6.10 Å². The average Bonchev–Trinajstić information content (AvgIpc) is 2.13. The van der Waals surface area contributed by atoms with Gasteiger partial charge < -0.3 is 20.3 Å². The van der Waals surface area contributed by atoms with Crippen molar-refractivity contribution < 1.29 is 24.5 Å². The molecular weight excluding hydrogens is 202 g/mol. The number of amides is 1. The summed E-state index contributed by atoms with van der Waals surface area (Å²) in [7, 11) is 0. The predicted octanol–water partition coefficient (Wildman–Crippen LogP) is -0.779. The van der Waals surface area contributed by atoms with Gasteiger partial charge >= 0.3 is 5.97 Å². The van der Waals surface area contributed by atoms with E-state index in [0.29, 0.717) is 0 Å². The molecule has 0 aromatic carbocycles. The van der Waals surface area contributed by atoms with Crippen molar-refractivity contribution in [1.29, 1.82) is 0 Å². The fourth-order valence-electron chi connectivity index (χ4n) is 0.736. The Morgan fingerprint density at radius 1 is 1.33 bits per heavy atom. The summed E-state index contributed by atoms with van der Waals surface area (Å²) >= 11 is 0. The Morgan fingerprint density at radius 3 is 2.40 bits per heavy atom. The van der Waals surface area contributed by atoms with E-state index in [1.165, 1.54) is 0 Å². The van der Waals surface area contributed by atoms with Crippen LogP contribution < -0.4 is 5.32 Å². The summed E-state index contributed by atoms with van der Waals surface area (Å²) in [6.07, 6.45) is -0.603. The Labute approximate surface area is 88.2 Å². The Hall–Kier alpha value is -1.14. The second-order valence-electron chi connectivity index (χ2n) is 3.50. The normalized spacial score (nSPS) is 12.5. The molecule has 0 aliphatic carbocycles. The highest BCUT2D eigenvalue weighted by molar-refractivity contribution is 5.77. The minimum absolute atomic E-state index is 0.0604. The second kappa shape index (κ2) is 7.19. The lowest BCUT2D eigenvalue weighted by atomic mass is 10.1. The van der Waals surface area contributed by atoms with E-state index in [-0.39, 0.29) is 19.1 Å².